The number of benzene rings is 1. The number of nitrogens with zero attached hydrogens (tertiary/aromatic N) is 2. The molecule has 0 amide bonds. The van der Waals surface area contributed by atoms with Crippen LogP contribution in [0.5, 0.6) is 0 Å². The molecule has 3 heteroatoms. The quantitative estimate of drug-likeness (QED) is 0.609. The van der Waals surface area contributed by atoms with Crippen molar-refractivity contribution in [2.75, 3.05) is 33.2 Å². The van der Waals surface area contributed by atoms with Crippen LogP contribution in [-0.4, -0.2) is 50.4 Å². The van der Waals surface area contributed by atoms with Crippen molar-refractivity contribution in [3.05, 3.63) is 30.3 Å². The van der Waals surface area contributed by atoms with Crippen molar-refractivity contribution >= 4 is 12.9 Å². The minimum atomic E-state index is 1.14. The molecule has 73 valence electrons. The Morgan fingerprint density at radius 3 is 2.29 bits per heavy atom. The van der Waals surface area contributed by atoms with Gasteiger partial charge in [0, 0.05) is 26.2 Å². The van der Waals surface area contributed by atoms with Crippen molar-refractivity contribution < 1.29 is 0 Å². The SMILES string of the molecule is CN1CCN([B]c2ccccc2)CC1. The molecule has 0 unspecified atom stereocenters. The average molecular weight is 187 g/mol. The molecule has 0 atom stereocenters. The zero-order chi connectivity index (χ0) is 9.80. The Kier molecular flexibility index (Phi) is 3.22. The first-order chi connectivity index (χ1) is 6.84. The van der Waals surface area contributed by atoms with Gasteiger partial charge in [-0.2, -0.15) is 0 Å². The van der Waals surface area contributed by atoms with Gasteiger partial charge in [-0.25, -0.2) is 0 Å². The van der Waals surface area contributed by atoms with Crippen LogP contribution in [0.15, 0.2) is 30.3 Å². The van der Waals surface area contributed by atoms with Crippen molar-refractivity contribution in [3.8, 4) is 0 Å². The highest BCUT2D eigenvalue weighted by Crippen LogP contribution is 1.96. The lowest BCUT2D eigenvalue weighted by Gasteiger charge is -2.32. The molecule has 2 rings (SSSR count). The fourth-order valence-corrected chi connectivity index (χ4v) is 1.70. The highest BCUT2D eigenvalue weighted by Gasteiger charge is 2.14. The molecule has 1 aromatic rings. The summed E-state index contributed by atoms with van der Waals surface area (Å²) in [6.45, 7) is 4.63. The minimum absolute atomic E-state index is 1.14. The van der Waals surface area contributed by atoms with E-state index >= 15 is 0 Å². The molecule has 1 heterocycles. The van der Waals surface area contributed by atoms with Crippen molar-refractivity contribution in [3.63, 3.8) is 0 Å². The van der Waals surface area contributed by atoms with Crippen LogP contribution in [0.1, 0.15) is 0 Å². The van der Waals surface area contributed by atoms with Gasteiger partial charge in [-0.3, -0.25) is 0 Å². The van der Waals surface area contributed by atoms with Crippen molar-refractivity contribution in [1.29, 1.82) is 0 Å². The average Bonchev–Trinajstić information content (AvgIpc) is 2.23. The summed E-state index contributed by atoms with van der Waals surface area (Å²) in [6, 6.07) is 10.5. The first-order valence-electron chi connectivity index (χ1n) is 5.17. The lowest BCUT2D eigenvalue weighted by Crippen LogP contribution is -2.48. The summed E-state index contributed by atoms with van der Waals surface area (Å²) in [5.74, 6) is 0. The van der Waals surface area contributed by atoms with Crippen LogP contribution in [0.2, 0.25) is 0 Å². The second-order valence-corrected chi connectivity index (χ2v) is 3.88. The Hall–Kier alpha value is -0.795. The second kappa shape index (κ2) is 4.62. The number of piperazine rings is 1. The van der Waals surface area contributed by atoms with E-state index < -0.39 is 0 Å². The molecule has 0 bridgehead atoms. The molecule has 0 N–H and O–H groups in total. The van der Waals surface area contributed by atoms with Gasteiger partial charge in [0.05, 0.1) is 0 Å². The molecule has 1 saturated heterocycles. The van der Waals surface area contributed by atoms with Crippen molar-refractivity contribution in [2.24, 2.45) is 0 Å². The maximum absolute atomic E-state index is 2.40. The predicted molar refractivity (Wildman–Crippen MR) is 60.9 cm³/mol. The maximum atomic E-state index is 2.40. The van der Waals surface area contributed by atoms with Gasteiger partial charge < -0.3 is 9.71 Å². The molecule has 1 aliphatic heterocycles. The zero-order valence-corrected chi connectivity index (χ0v) is 8.69. The third kappa shape index (κ3) is 2.60. The molecule has 0 aliphatic carbocycles. The molecule has 0 spiro atoms. The van der Waals surface area contributed by atoms with Gasteiger partial charge in [0.2, 0.25) is 7.41 Å². The molecular weight excluding hydrogens is 171 g/mol. The van der Waals surface area contributed by atoms with E-state index in [-0.39, 0.29) is 0 Å². The van der Waals surface area contributed by atoms with E-state index in [1.54, 1.807) is 0 Å². The van der Waals surface area contributed by atoms with E-state index in [9.17, 15) is 0 Å². The fourth-order valence-electron chi connectivity index (χ4n) is 1.70. The van der Waals surface area contributed by atoms with Gasteiger partial charge in [-0.05, 0) is 7.05 Å². The Balaban J connectivity index is 1.87. The lowest BCUT2D eigenvalue weighted by atomic mass is 9.80. The molecule has 1 fully saturated rings. The number of rotatable bonds is 2. The van der Waals surface area contributed by atoms with E-state index in [2.05, 4.69) is 54.5 Å². The standard InChI is InChI=1S/C11H16BN2/c1-13-7-9-14(10-8-13)12-11-5-3-2-4-6-11/h2-6H,7-10H2,1H3. The summed E-state index contributed by atoms with van der Waals surface area (Å²) in [6.07, 6.45) is 0. The third-order valence-corrected chi connectivity index (χ3v) is 2.67. The van der Waals surface area contributed by atoms with Gasteiger partial charge in [0.15, 0.2) is 0 Å². The monoisotopic (exact) mass is 187 g/mol. The van der Waals surface area contributed by atoms with Crippen LogP contribution in [0.4, 0.5) is 0 Å². The van der Waals surface area contributed by atoms with Crippen LogP contribution < -0.4 is 5.46 Å². The number of hydrogen-bond acceptors (Lipinski definition) is 2. The Morgan fingerprint density at radius 2 is 1.64 bits per heavy atom. The highest BCUT2D eigenvalue weighted by atomic mass is 15.2. The smallest absolute Gasteiger partial charge is 0.247 e. The molecule has 14 heavy (non-hydrogen) atoms. The van der Waals surface area contributed by atoms with Crippen molar-refractivity contribution in [1.82, 2.24) is 9.71 Å². The Morgan fingerprint density at radius 1 is 1.00 bits per heavy atom. The Labute approximate surface area is 86.8 Å². The number of hydrogen-bond donors (Lipinski definition) is 0. The summed E-state index contributed by atoms with van der Waals surface area (Å²) in [4.78, 5) is 4.77. The van der Waals surface area contributed by atoms with Gasteiger partial charge in [-0.1, -0.05) is 35.8 Å². The fraction of sp³-hybridized carbons (Fsp3) is 0.455. The van der Waals surface area contributed by atoms with Crippen molar-refractivity contribution in [2.45, 2.75) is 0 Å². The Bertz CT molecular complexity index is 268. The molecule has 1 aliphatic rings. The normalized spacial score (nSPS) is 19.5. The summed E-state index contributed by atoms with van der Waals surface area (Å²) < 4.78 is 0. The predicted octanol–water partition coefficient (Wildman–Crippen LogP) is 0.178. The maximum Gasteiger partial charge on any atom is 0.247 e. The van der Waals surface area contributed by atoms with E-state index in [0.29, 0.717) is 0 Å². The zero-order valence-electron chi connectivity index (χ0n) is 8.69. The summed E-state index contributed by atoms with van der Waals surface area (Å²) in [5, 5.41) is 0. The highest BCUT2D eigenvalue weighted by molar-refractivity contribution is 6.50. The van der Waals surface area contributed by atoms with Gasteiger partial charge in [0.25, 0.3) is 0 Å². The van der Waals surface area contributed by atoms with E-state index in [1.165, 1.54) is 18.6 Å². The van der Waals surface area contributed by atoms with Crippen LogP contribution in [0, 0.1) is 0 Å². The van der Waals surface area contributed by atoms with Gasteiger partial charge in [-0.15, -0.1) is 0 Å². The first kappa shape index (κ1) is 9.75. The van der Waals surface area contributed by atoms with Crippen LogP contribution in [-0.2, 0) is 0 Å². The minimum Gasteiger partial charge on any atom is -0.340 e. The number of likely N-dealkylation sites (N-methyl/N-ethyl adjacent to an activating group) is 1. The summed E-state index contributed by atoms with van der Waals surface area (Å²) in [7, 11) is 4.44. The van der Waals surface area contributed by atoms with E-state index in [4.69, 9.17) is 0 Å². The van der Waals surface area contributed by atoms with Gasteiger partial charge >= 0.3 is 0 Å². The van der Waals surface area contributed by atoms with E-state index in [0.717, 1.165) is 13.1 Å². The van der Waals surface area contributed by atoms with Crippen LogP contribution >= 0.6 is 0 Å². The van der Waals surface area contributed by atoms with Gasteiger partial charge in [0.1, 0.15) is 0 Å². The molecular formula is C11H16BN2. The second-order valence-electron chi connectivity index (χ2n) is 3.88. The largest absolute Gasteiger partial charge is 0.340 e. The van der Waals surface area contributed by atoms with Crippen LogP contribution in [0.3, 0.4) is 0 Å². The molecule has 0 aromatic heterocycles. The lowest BCUT2D eigenvalue weighted by molar-refractivity contribution is 0.225. The third-order valence-electron chi connectivity index (χ3n) is 2.67. The summed E-state index contributed by atoms with van der Waals surface area (Å²) >= 11 is 0. The molecule has 2 nitrogen and oxygen atoms in total. The molecule has 1 aromatic carbocycles. The van der Waals surface area contributed by atoms with E-state index in [1.807, 2.05) is 0 Å². The summed E-state index contributed by atoms with van der Waals surface area (Å²) in [5.41, 5.74) is 1.30. The van der Waals surface area contributed by atoms with Crippen LogP contribution in [0.25, 0.3) is 0 Å². The topological polar surface area (TPSA) is 6.48 Å². The first-order valence-corrected chi connectivity index (χ1v) is 5.17. The molecule has 1 radical (unpaired) electrons. The molecule has 0 saturated carbocycles.